The molecule has 0 bridgehead atoms. The van der Waals surface area contributed by atoms with E-state index < -0.39 is 12.1 Å². The zero-order valence-corrected chi connectivity index (χ0v) is 23.5. The van der Waals surface area contributed by atoms with E-state index in [1.807, 2.05) is 18.2 Å². The van der Waals surface area contributed by atoms with Crippen LogP contribution >= 0.6 is 31.9 Å². The molecule has 1 atom stereocenters. The van der Waals surface area contributed by atoms with E-state index in [0.29, 0.717) is 42.7 Å². The number of para-hydroxylation sites is 1. The maximum atomic E-state index is 13.5. The molecule has 1 aromatic heterocycles. The highest BCUT2D eigenvalue weighted by Gasteiger charge is 2.24. The molecule has 0 amide bonds. The number of methoxy groups -OCH3 is 2. The summed E-state index contributed by atoms with van der Waals surface area (Å²) in [6.07, 6.45) is 6.13. The molecule has 0 spiro atoms. The first-order valence-electron chi connectivity index (χ1n) is 11.7. The number of benzene rings is 2. The fraction of sp³-hybridized carbons (Fsp3) is 0.385. The number of fused-ring (bicyclic) bond motifs is 1. The summed E-state index contributed by atoms with van der Waals surface area (Å²) in [4.78, 5) is 30.2. The molecule has 1 aliphatic rings. The van der Waals surface area contributed by atoms with Gasteiger partial charge in [0.05, 0.1) is 35.8 Å². The van der Waals surface area contributed by atoms with Crippen molar-refractivity contribution in [2.24, 2.45) is 5.10 Å². The summed E-state index contributed by atoms with van der Waals surface area (Å²) >= 11 is 7.10. The van der Waals surface area contributed by atoms with E-state index >= 15 is 0 Å². The largest absolute Gasteiger partial charge is 0.493 e. The maximum absolute atomic E-state index is 13.5. The number of esters is 1. The topological polar surface area (TPSA) is 92.0 Å². The molecule has 0 unspecified atom stereocenters. The van der Waals surface area contributed by atoms with Crippen LogP contribution in [0, 0.1) is 0 Å². The van der Waals surface area contributed by atoms with E-state index in [2.05, 4.69) is 37.0 Å². The van der Waals surface area contributed by atoms with Gasteiger partial charge in [-0.05, 0) is 69.8 Å². The molecule has 0 N–H and O–H groups in total. The summed E-state index contributed by atoms with van der Waals surface area (Å²) in [5.41, 5.74) is 1.12. The van der Waals surface area contributed by atoms with Crippen molar-refractivity contribution in [2.45, 2.75) is 51.0 Å². The third kappa shape index (κ3) is 5.34. The number of rotatable bonds is 7. The second-order valence-electron chi connectivity index (χ2n) is 8.59. The van der Waals surface area contributed by atoms with Gasteiger partial charge in [0, 0.05) is 16.0 Å². The van der Waals surface area contributed by atoms with Crippen LogP contribution < -0.4 is 15.0 Å². The Hall–Kier alpha value is -2.72. The van der Waals surface area contributed by atoms with Crippen LogP contribution in [0.2, 0.25) is 0 Å². The second-order valence-corrected chi connectivity index (χ2v) is 10.2. The van der Waals surface area contributed by atoms with Crippen molar-refractivity contribution < 1.29 is 19.0 Å². The Morgan fingerprint density at radius 2 is 1.89 bits per heavy atom. The molecule has 2 aromatic carbocycles. The summed E-state index contributed by atoms with van der Waals surface area (Å²) in [7, 11) is 2.81. The fourth-order valence-corrected chi connectivity index (χ4v) is 5.26. The predicted molar refractivity (Wildman–Crippen MR) is 145 cm³/mol. The lowest BCUT2D eigenvalue weighted by Gasteiger charge is -2.22. The minimum absolute atomic E-state index is 0.175. The number of hydrogen-bond acceptors (Lipinski definition) is 7. The normalized spacial score (nSPS) is 15.2. The molecule has 8 nitrogen and oxygen atoms in total. The van der Waals surface area contributed by atoms with Crippen LogP contribution in [0.1, 0.15) is 56.3 Å². The number of ether oxygens (including phenoxy) is 3. The predicted octanol–water partition coefficient (Wildman–Crippen LogP) is 5.80. The third-order valence-corrected chi connectivity index (χ3v) is 8.41. The van der Waals surface area contributed by atoms with Gasteiger partial charge in [-0.3, -0.25) is 4.79 Å². The Morgan fingerprint density at radius 3 is 2.58 bits per heavy atom. The number of carbonyl (C=O) groups is 1. The van der Waals surface area contributed by atoms with Crippen molar-refractivity contribution in [2.75, 3.05) is 14.2 Å². The van der Waals surface area contributed by atoms with Crippen molar-refractivity contribution in [3.63, 3.8) is 0 Å². The Kier molecular flexibility index (Phi) is 8.46. The van der Waals surface area contributed by atoms with Gasteiger partial charge in [0.2, 0.25) is 0 Å². The average Bonchev–Trinajstić information content (AvgIpc) is 2.91. The van der Waals surface area contributed by atoms with E-state index in [1.54, 1.807) is 25.3 Å². The molecule has 4 rings (SSSR count). The zero-order chi connectivity index (χ0) is 25.8. The monoisotopic (exact) mass is 619 g/mol. The molecular weight excluding hydrogens is 594 g/mol. The highest BCUT2D eigenvalue weighted by atomic mass is 79.9. The molecule has 10 heteroatoms. The van der Waals surface area contributed by atoms with E-state index in [4.69, 9.17) is 19.2 Å². The van der Waals surface area contributed by atoms with Crippen molar-refractivity contribution in [3.8, 4) is 11.5 Å². The Labute approximate surface area is 225 Å². The van der Waals surface area contributed by atoms with Gasteiger partial charge in [-0.15, -0.1) is 0 Å². The first-order chi connectivity index (χ1) is 17.3. The van der Waals surface area contributed by atoms with Gasteiger partial charge in [0.25, 0.3) is 5.56 Å². The summed E-state index contributed by atoms with van der Waals surface area (Å²) in [6, 6.07) is 9.07. The zero-order valence-electron chi connectivity index (χ0n) is 20.3. The van der Waals surface area contributed by atoms with Gasteiger partial charge < -0.3 is 14.2 Å². The smallest absolute Gasteiger partial charge is 0.346 e. The lowest BCUT2D eigenvalue weighted by molar-refractivity contribution is -0.147. The van der Waals surface area contributed by atoms with Gasteiger partial charge in [0.1, 0.15) is 5.82 Å². The lowest BCUT2D eigenvalue weighted by atomic mass is 9.88. The quantitative estimate of drug-likeness (QED) is 0.245. The standard InChI is InChI=1S/C26H27Br2N3O5/c1-15(26(33)35-3)36-23-20(34-2)13-17(21(27)22(23)28)14-29-31-24(16-9-5-4-6-10-16)30-19-12-8-7-11-18(19)25(31)32/h7-8,11-16H,4-6,9-10H2,1-3H3/t15-/m0/s1. The first-order valence-corrected chi connectivity index (χ1v) is 13.3. The van der Waals surface area contributed by atoms with Crippen LogP contribution in [0.4, 0.5) is 0 Å². The molecule has 1 saturated carbocycles. The molecule has 0 saturated heterocycles. The Bertz CT molecular complexity index is 1370. The van der Waals surface area contributed by atoms with Crippen molar-refractivity contribution in [1.29, 1.82) is 0 Å². The molecule has 0 radical (unpaired) electrons. The van der Waals surface area contributed by atoms with Crippen LogP contribution in [0.3, 0.4) is 0 Å². The molecule has 1 heterocycles. The molecule has 190 valence electrons. The summed E-state index contributed by atoms with van der Waals surface area (Å²) in [5, 5.41) is 5.13. The minimum atomic E-state index is -0.841. The van der Waals surface area contributed by atoms with Crippen LogP contribution in [-0.2, 0) is 9.53 Å². The van der Waals surface area contributed by atoms with Crippen LogP contribution in [0.15, 0.2) is 49.2 Å². The molecule has 0 aliphatic heterocycles. The minimum Gasteiger partial charge on any atom is -0.493 e. The third-order valence-electron chi connectivity index (χ3n) is 6.26. The average molecular weight is 621 g/mol. The number of nitrogens with zero attached hydrogens (tertiary/aromatic N) is 3. The fourth-order valence-electron chi connectivity index (χ4n) is 4.35. The molecule has 1 fully saturated rings. The van der Waals surface area contributed by atoms with Crippen LogP contribution in [0.5, 0.6) is 11.5 Å². The molecule has 1 aliphatic carbocycles. The number of halogens is 2. The second kappa shape index (κ2) is 11.6. The van der Waals surface area contributed by atoms with E-state index in [-0.39, 0.29) is 11.5 Å². The van der Waals surface area contributed by atoms with Crippen LogP contribution in [-0.4, -0.2) is 42.2 Å². The lowest BCUT2D eigenvalue weighted by Crippen LogP contribution is -2.25. The van der Waals surface area contributed by atoms with Gasteiger partial charge in [0.15, 0.2) is 17.6 Å². The molecule has 36 heavy (non-hydrogen) atoms. The van der Waals surface area contributed by atoms with E-state index in [0.717, 1.165) is 25.7 Å². The van der Waals surface area contributed by atoms with Gasteiger partial charge in [-0.2, -0.15) is 9.78 Å². The molecule has 3 aromatic rings. The highest BCUT2D eigenvalue weighted by molar-refractivity contribution is 9.13. The summed E-state index contributed by atoms with van der Waals surface area (Å²) < 4.78 is 18.7. The van der Waals surface area contributed by atoms with Gasteiger partial charge >= 0.3 is 5.97 Å². The number of aromatic nitrogens is 2. The SMILES string of the molecule is COC(=O)[C@H](C)Oc1c(OC)cc(C=Nn2c(C3CCCCC3)nc3ccccc3c2=O)c(Br)c1Br. The Morgan fingerprint density at radius 1 is 1.17 bits per heavy atom. The summed E-state index contributed by atoms with van der Waals surface area (Å²) in [5.74, 6) is 1.08. The highest BCUT2D eigenvalue weighted by Crippen LogP contribution is 2.43. The first kappa shape index (κ1) is 26.3. The van der Waals surface area contributed by atoms with E-state index in [1.165, 1.54) is 25.3 Å². The Balaban J connectivity index is 1.78. The maximum Gasteiger partial charge on any atom is 0.346 e. The number of hydrogen-bond donors (Lipinski definition) is 0. The van der Waals surface area contributed by atoms with Crippen LogP contribution in [0.25, 0.3) is 10.9 Å². The van der Waals surface area contributed by atoms with Gasteiger partial charge in [-0.1, -0.05) is 31.4 Å². The summed E-state index contributed by atoms with van der Waals surface area (Å²) in [6.45, 7) is 1.59. The van der Waals surface area contributed by atoms with Crippen molar-refractivity contribution in [1.82, 2.24) is 9.66 Å². The molecular formula is C26H27Br2N3O5. The van der Waals surface area contributed by atoms with Crippen molar-refractivity contribution in [3.05, 3.63) is 61.0 Å². The van der Waals surface area contributed by atoms with Gasteiger partial charge in [-0.25, -0.2) is 9.78 Å². The number of carbonyl (C=O) groups excluding carboxylic acids is 1. The van der Waals surface area contributed by atoms with Crippen molar-refractivity contribution >= 4 is 54.9 Å². The van der Waals surface area contributed by atoms with E-state index in [9.17, 15) is 9.59 Å².